The zero-order valence-electron chi connectivity index (χ0n) is 27.8. The Bertz CT molecular complexity index is 1140. The number of rotatable bonds is 4. The first-order valence-corrected chi connectivity index (χ1v) is 16.6. The summed E-state index contributed by atoms with van der Waals surface area (Å²) < 4.78 is 17.5. The highest BCUT2D eigenvalue weighted by atomic mass is 16.6. The molecule has 0 amide bonds. The number of fused-ring (bicyclic) bond motifs is 6. The third kappa shape index (κ3) is 4.95. The highest BCUT2D eigenvalue weighted by molar-refractivity contribution is 5.67. The van der Waals surface area contributed by atoms with Crippen molar-refractivity contribution >= 4 is 17.9 Å². The highest BCUT2D eigenvalue weighted by Gasteiger charge is 2.65. The van der Waals surface area contributed by atoms with E-state index < -0.39 is 5.41 Å². The second-order valence-electron chi connectivity index (χ2n) is 16.6. The van der Waals surface area contributed by atoms with Gasteiger partial charge < -0.3 is 14.2 Å². The standard InChI is InChI=1S/C36H56O6/c1-22(37)40-21-36(9)29-14-17-33(6)20-25-10-12-27-32(4,5)30(41-23(2)38)15-18-34(27,7)26(25)11-13-28(33)35(29,8)19-16-31(36)42-24(3)39/h10,26-31H,11-21H2,1-9H3. The molecule has 0 saturated heterocycles. The first kappa shape index (κ1) is 31.6. The molecule has 42 heavy (non-hydrogen) atoms. The molecule has 5 aliphatic rings. The van der Waals surface area contributed by atoms with Gasteiger partial charge in [-0.3, -0.25) is 14.4 Å². The Labute approximate surface area is 254 Å². The molecule has 6 heteroatoms. The van der Waals surface area contributed by atoms with Gasteiger partial charge in [0.2, 0.25) is 0 Å². The summed E-state index contributed by atoms with van der Waals surface area (Å²) in [7, 11) is 0. The smallest absolute Gasteiger partial charge is 0.302 e. The summed E-state index contributed by atoms with van der Waals surface area (Å²) in [6.07, 6.45) is 13.1. The molecule has 0 spiro atoms. The molecule has 10 unspecified atom stereocenters. The molecule has 0 aromatic heterocycles. The maximum absolute atomic E-state index is 12.1. The zero-order valence-corrected chi connectivity index (χ0v) is 27.8. The molecule has 4 saturated carbocycles. The van der Waals surface area contributed by atoms with Gasteiger partial charge in [0.1, 0.15) is 18.8 Å². The number of hydrogen-bond acceptors (Lipinski definition) is 6. The molecule has 10 atom stereocenters. The predicted octanol–water partition coefficient (Wildman–Crippen LogP) is 7.82. The fourth-order valence-corrected chi connectivity index (χ4v) is 12.0. The lowest BCUT2D eigenvalue weighted by molar-refractivity contribution is -0.209. The van der Waals surface area contributed by atoms with Crippen LogP contribution in [-0.4, -0.2) is 36.7 Å². The number of esters is 3. The van der Waals surface area contributed by atoms with Gasteiger partial charge in [0.15, 0.2) is 0 Å². The summed E-state index contributed by atoms with van der Waals surface area (Å²) >= 11 is 0. The number of ether oxygens (including phenoxy) is 3. The first-order chi connectivity index (χ1) is 19.5. The van der Waals surface area contributed by atoms with Crippen LogP contribution in [0.2, 0.25) is 0 Å². The van der Waals surface area contributed by atoms with Crippen molar-refractivity contribution in [2.45, 2.75) is 139 Å². The lowest BCUT2D eigenvalue weighted by atomic mass is 9.41. The van der Waals surface area contributed by atoms with Crippen LogP contribution in [0.15, 0.2) is 11.6 Å². The molecule has 5 aliphatic carbocycles. The Balaban J connectivity index is 1.46. The van der Waals surface area contributed by atoms with Gasteiger partial charge >= 0.3 is 17.9 Å². The fraction of sp³-hybridized carbons (Fsp3) is 0.861. The van der Waals surface area contributed by atoms with Gasteiger partial charge in [-0.25, -0.2) is 0 Å². The molecule has 0 N–H and O–H groups in total. The van der Waals surface area contributed by atoms with Crippen LogP contribution in [0, 0.1) is 50.7 Å². The van der Waals surface area contributed by atoms with Crippen LogP contribution in [0.25, 0.3) is 0 Å². The molecular weight excluding hydrogens is 528 g/mol. The van der Waals surface area contributed by atoms with Gasteiger partial charge in [-0.15, -0.1) is 0 Å². The van der Waals surface area contributed by atoms with Crippen molar-refractivity contribution in [1.82, 2.24) is 0 Å². The number of carbonyl (C=O) groups excluding carboxylic acids is 3. The summed E-state index contributed by atoms with van der Waals surface area (Å²) in [5, 5.41) is 0. The van der Waals surface area contributed by atoms with Crippen LogP contribution >= 0.6 is 0 Å². The van der Waals surface area contributed by atoms with Crippen LogP contribution in [0.3, 0.4) is 0 Å². The molecule has 0 radical (unpaired) electrons. The van der Waals surface area contributed by atoms with Gasteiger partial charge in [-0.05, 0) is 104 Å². The maximum atomic E-state index is 12.1. The van der Waals surface area contributed by atoms with E-state index in [1.54, 1.807) is 12.5 Å². The predicted molar refractivity (Wildman–Crippen MR) is 162 cm³/mol. The molecule has 0 aliphatic heterocycles. The van der Waals surface area contributed by atoms with Gasteiger partial charge in [-0.2, -0.15) is 0 Å². The van der Waals surface area contributed by atoms with E-state index in [0.29, 0.717) is 30.3 Å². The highest BCUT2D eigenvalue weighted by Crippen LogP contribution is 2.70. The third-order valence-electron chi connectivity index (χ3n) is 13.8. The van der Waals surface area contributed by atoms with Crippen molar-refractivity contribution in [2.24, 2.45) is 50.7 Å². The summed E-state index contributed by atoms with van der Waals surface area (Å²) in [6.45, 7) is 19.3. The Hall–Kier alpha value is -1.85. The summed E-state index contributed by atoms with van der Waals surface area (Å²) in [4.78, 5) is 36.1. The Morgan fingerprint density at radius 3 is 1.98 bits per heavy atom. The fourth-order valence-electron chi connectivity index (χ4n) is 12.0. The molecule has 6 nitrogen and oxygen atoms in total. The lowest BCUT2D eigenvalue weighted by Gasteiger charge is -2.64. The molecule has 4 fully saturated rings. The van der Waals surface area contributed by atoms with Crippen LogP contribution in [0.5, 0.6) is 0 Å². The summed E-state index contributed by atoms with van der Waals surface area (Å²) in [5.41, 5.74) is 1.72. The monoisotopic (exact) mass is 584 g/mol. The van der Waals surface area contributed by atoms with E-state index in [1.807, 2.05) is 0 Å². The summed E-state index contributed by atoms with van der Waals surface area (Å²) in [5.74, 6) is 1.22. The number of hydrogen-bond donors (Lipinski definition) is 0. The molecule has 0 bridgehead atoms. The van der Waals surface area contributed by atoms with Crippen molar-refractivity contribution in [2.75, 3.05) is 6.61 Å². The molecule has 236 valence electrons. The zero-order chi connectivity index (χ0) is 30.9. The largest absolute Gasteiger partial charge is 0.465 e. The van der Waals surface area contributed by atoms with Gasteiger partial charge in [-0.1, -0.05) is 53.2 Å². The Morgan fingerprint density at radius 2 is 1.33 bits per heavy atom. The van der Waals surface area contributed by atoms with E-state index in [2.05, 4.69) is 47.6 Å². The second kappa shape index (κ2) is 10.6. The summed E-state index contributed by atoms with van der Waals surface area (Å²) in [6, 6.07) is 0. The topological polar surface area (TPSA) is 78.9 Å². The van der Waals surface area contributed by atoms with E-state index in [9.17, 15) is 14.4 Å². The van der Waals surface area contributed by atoms with E-state index in [-0.39, 0.29) is 51.8 Å². The molecular formula is C36H56O6. The first-order valence-electron chi connectivity index (χ1n) is 16.6. The van der Waals surface area contributed by atoms with Gasteiger partial charge in [0, 0.05) is 31.6 Å². The van der Waals surface area contributed by atoms with Crippen molar-refractivity contribution in [3.63, 3.8) is 0 Å². The minimum absolute atomic E-state index is 0.0177. The van der Waals surface area contributed by atoms with Crippen molar-refractivity contribution < 1.29 is 28.6 Å². The number of carbonyl (C=O) groups is 3. The van der Waals surface area contributed by atoms with Crippen molar-refractivity contribution in [3.8, 4) is 0 Å². The average Bonchev–Trinajstić information content (AvgIpc) is 3.03. The van der Waals surface area contributed by atoms with Gasteiger partial charge in [0.05, 0.1) is 0 Å². The third-order valence-corrected chi connectivity index (χ3v) is 13.8. The Morgan fingerprint density at radius 1 is 0.714 bits per heavy atom. The number of allylic oxidation sites excluding steroid dienone is 2. The van der Waals surface area contributed by atoms with E-state index >= 15 is 0 Å². The van der Waals surface area contributed by atoms with Crippen LogP contribution < -0.4 is 0 Å². The average molecular weight is 585 g/mol. The van der Waals surface area contributed by atoms with E-state index in [0.717, 1.165) is 51.4 Å². The normalized spacial score (nSPS) is 45.9. The molecule has 5 rings (SSSR count). The van der Waals surface area contributed by atoms with Crippen molar-refractivity contribution in [1.29, 1.82) is 0 Å². The molecule has 0 aromatic carbocycles. The minimum atomic E-state index is -0.403. The molecule has 0 heterocycles. The second-order valence-corrected chi connectivity index (χ2v) is 16.6. The van der Waals surface area contributed by atoms with Crippen LogP contribution in [0.1, 0.15) is 127 Å². The van der Waals surface area contributed by atoms with Crippen LogP contribution in [-0.2, 0) is 28.6 Å². The Kier molecular flexibility index (Phi) is 8.00. The minimum Gasteiger partial charge on any atom is -0.465 e. The van der Waals surface area contributed by atoms with Gasteiger partial charge in [0.25, 0.3) is 0 Å². The van der Waals surface area contributed by atoms with Crippen LogP contribution in [0.4, 0.5) is 0 Å². The lowest BCUT2D eigenvalue weighted by Crippen LogP contribution is -2.61. The SMILES string of the molecule is CC(=O)OCC1(C)C(OC(C)=O)CCC2(C)C3CCC4C(=CCC5C(C)(C)C(OC(C)=O)CCC45C)CC3(C)CCC12. The van der Waals surface area contributed by atoms with Crippen molar-refractivity contribution in [3.05, 3.63) is 11.6 Å². The maximum Gasteiger partial charge on any atom is 0.302 e. The van der Waals surface area contributed by atoms with E-state index in [1.165, 1.54) is 26.7 Å². The van der Waals surface area contributed by atoms with E-state index in [4.69, 9.17) is 14.2 Å². The quantitative estimate of drug-likeness (QED) is 0.190. The molecule has 0 aromatic rings.